The fourth-order valence-corrected chi connectivity index (χ4v) is 5.80. The molecule has 1 aliphatic carbocycles. The molecular formula is C23H36N6O5S. The van der Waals surface area contributed by atoms with Gasteiger partial charge in [-0.2, -0.15) is 0 Å². The molecule has 2 aromatic heterocycles. The third-order valence-electron chi connectivity index (χ3n) is 7.10. The molecule has 6 atom stereocenters. The van der Waals surface area contributed by atoms with E-state index in [1.807, 2.05) is 13.8 Å². The highest BCUT2D eigenvalue weighted by Crippen LogP contribution is 2.38. The lowest BCUT2D eigenvalue weighted by Gasteiger charge is -2.39. The van der Waals surface area contributed by atoms with Crippen molar-refractivity contribution in [3.05, 3.63) is 35.4 Å². The van der Waals surface area contributed by atoms with Crippen LogP contribution in [0.3, 0.4) is 0 Å². The van der Waals surface area contributed by atoms with Crippen molar-refractivity contribution < 1.29 is 22.6 Å². The maximum Gasteiger partial charge on any atom is 0.201 e. The summed E-state index contributed by atoms with van der Waals surface area (Å²) in [5.74, 6) is 1.69. The molecule has 0 amide bonds. The smallest absolute Gasteiger partial charge is 0.201 e. The second-order valence-corrected chi connectivity index (χ2v) is 10.2. The Morgan fingerprint density at radius 3 is 2.37 bits per heavy atom. The maximum atomic E-state index is 11.5. The van der Waals surface area contributed by atoms with Crippen LogP contribution < -0.4 is 4.72 Å². The zero-order valence-corrected chi connectivity index (χ0v) is 21.7. The van der Waals surface area contributed by atoms with Gasteiger partial charge in [-0.05, 0) is 51.5 Å². The van der Waals surface area contributed by atoms with E-state index in [4.69, 9.17) is 14.2 Å². The van der Waals surface area contributed by atoms with Crippen molar-refractivity contribution in [2.45, 2.75) is 88.7 Å². The highest BCUT2D eigenvalue weighted by Gasteiger charge is 2.40. The molecule has 2 aliphatic rings. The SMILES string of the molecule is CO[C@H]1CCC[C@@H](OC)[C@@H]1n1c(C[C@@H](c2ncc(C)cn2)[C@@H](C)N[SH](=O)=O)nnc1[C@H]1CCCO1. The Labute approximate surface area is 208 Å². The minimum atomic E-state index is -2.79. The number of ether oxygens (including phenoxy) is 3. The van der Waals surface area contributed by atoms with E-state index in [9.17, 15) is 8.42 Å². The van der Waals surface area contributed by atoms with Gasteiger partial charge in [-0.25, -0.2) is 23.1 Å². The molecule has 35 heavy (non-hydrogen) atoms. The number of nitrogens with one attached hydrogen (secondary N) is 1. The second kappa shape index (κ2) is 11.8. The summed E-state index contributed by atoms with van der Waals surface area (Å²) in [5.41, 5.74) is 0.930. The van der Waals surface area contributed by atoms with Crippen molar-refractivity contribution in [2.75, 3.05) is 20.8 Å². The molecule has 11 nitrogen and oxygen atoms in total. The van der Waals surface area contributed by atoms with Gasteiger partial charge in [0.25, 0.3) is 0 Å². The van der Waals surface area contributed by atoms with Crippen molar-refractivity contribution in [2.24, 2.45) is 0 Å². The first-order chi connectivity index (χ1) is 16.9. The Morgan fingerprint density at radius 1 is 1.11 bits per heavy atom. The molecule has 1 saturated carbocycles. The van der Waals surface area contributed by atoms with Gasteiger partial charge in [-0.15, -0.1) is 10.2 Å². The van der Waals surface area contributed by atoms with Gasteiger partial charge in [0.1, 0.15) is 17.8 Å². The molecule has 1 saturated heterocycles. The minimum Gasteiger partial charge on any atom is -0.379 e. The third-order valence-corrected chi connectivity index (χ3v) is 7.72. The molecule has 1 N–H and O–H groups in total. The average Bonchev–Trinajstić information content (AvgIpc) is 3.52. The van der Waals surface area contributed by atoms with Gasteiger partial charge in [0.2, 0.25) is 10.9 Å². The molecule has 0 radical (unpaired) electrons. The van der Waals surface area contributed by atoms with Crippen LogP contribution >= 0.6 is 0 Å². The fourth-order valence-electron chi connectivity index (χ4n) is 5.29. The van der Waals surface area contributed by atoms with Crippen molar-refractivity contribution in [3.8, 4) is 0 Å². The van der Waals surface area contributed by atoms with E-state index >= 15 is 0 Å². The molecule has 4 rings (SSSR count). The van der Waals surface area contributed by atoms with Crippen LogP contribution in [0.2, 0.25) is 0 Å². The first kappa shape index (κ1) is 26.1. The Bertz CT molecular complexity index is 1020. The first-order valence-electron chi connectivity index (χ1n) is 12.2. The molecule has 0 aromatic carbocycles. The van der Waals surface area contributed by atoms with Crippen molar-refractivity contribution in [3.63, 3.8) is 0 Å². The molecule has 12 heteroatoms. The molecule has 194 valence electrons. The van der Waals surface area contributed by atoms with E-state index in [1.54, 1.807) is 26.6 Å². The standard InChI is InChI=1S/C23H36N6O5S/c1-14-12-24-22(25-13-14)16(15(2)28-35(30)31)11-20-26-27-23(19-9-6-10-34-19)29(20)21-17(32-3)7-5-8-18(21)33-4/h12-13,15-19,21,35H,5-11H2,1-4H3,(H,28,30,31)/t15-,16-,17-,18+,19-,21+/m1/s1. The summed E-state index contributed by atoms with van der Waals surface area (Å²) >= 11 is 0. The number of methoxy groups -OCH3 is 2. The zero-order chi connectivity index (χ0) is 24.9. The topological polar surface area (TPSA) is 130 Å². The summed E-state index contributed by atoms with van der Waals surface area (Å²) in [6.07, 6.45) is 8.26. The van der Waals surface area contributed by atoms with Crippen LogP contribution in [-0.2, 0) is 31.5 Å². The molecular weight excluding hydrogens is 472 g/mol. The predicted molar refractivity (Wildman–Crippen MR) is 129 cm³/mol. The summed E-state index contributed by atoms with van der Waals surface area (Å²) in [4.78, 5) is 9.02. The second-order valence-electron chi connectivity index (χ2n) is 9.42. The van der Waals surface area contributed by atoms with E-state index in [0.29, 0.717) is 18.9 Å². The largest absolute Gasteiger partial charge is 0.379 e. The van der Waals surface area contributed by atoms with Gasteiger partial charge in [-0.1, -0.05) is 0 Å². The van der Waals surface area contributed by atoms with Gasteiger partial charge in [0, 0.05) is 51.6 Å². The average molecular weight is 509 g/mol. The lowest BCUT2D eigenvalue weighted by Crippen LogP contribution is -2.42. The van der Waals surface area contributed by atoms with E-state index < -0.39 is 16.9 Å². The van der Waals surface area contributed by atoms with Gasteiger partial charge in [-0.3, -0.25) is 0 Å². The molecule has 0 spiro atoms. The Hall–Kier alpha value is -1.99. The summed E-state index contributed by atoms with van der Waals surface area (Å²) in [7, 11) is 0.661. The Balaban J connectivity index is 1.77. The van der Waals surface area contributed by atoms with Crippen LogP contribution in [0.1, 0.15) is 80.1 Å². The molecule has 3 heterocycles. The van der Waals surface area contributed by atoms with Crippen LogP contribution in [0, 0.1) is 6.92 Å². The lowest BCUT2D eigenvalue weighted by atomic mass is 9.88. The van der Waals surface area contributed by atoms with Gasteiger partial charge >= 0.3 is 0 Å². The van der Waals surface area contributed by atoms with Crippen LogP contribution in [0.25, 0.3) is 0 Å². The van der Waals surface area contributed by atoms with Crippen molar-refractivity contribution in [1.29, 1.82) is 0 Å². The zero-order valence-electron chi connectivity index (χ0n) is 20.8. The maximum absolute atomic E-state index is 11.5. The summed E-state index contributed by atoms with van der Waals surface area (Å²) in [6, 6.07) is -0.570. The van der Waals surface area contributed by atoms with Gasteiger partial charge in [0.05, 0.1) is 18.2 Å². The van der Waals surface area contributed by atoms with E-state index in [-0.39, 0.29) is 30.3 Å². The number of aromatic nitrogens is 5. The van der Waals surface area contributed by atoms with Crippen molar-refractivity contribution in [1.82, 2.24) is 29.5 Å². The normalized spacial score (nSPS) is 26.8. The number of hydrogen-bond acceptors (Lipinski definition) is 9. The number of nitrogens with zero attached hydrogens (tertiary/aromatic N) is 5. The van der Waals surface area contributed by atoms with Gasteiger partial charge < -0.3 is 18.8 Å². The number of thiol groups is 1. The monoisotopic (exact) mass is 508 g/mol. The molecule has 2 aromatic rings. The van der Waals surface area contributed by atoms with Crippen LogP contribution in [0.4, 0.5) is 0 Å². The first-order valence-corrected chi connectivity index (χ1v) is 13.4. The minimum absolute atomic E-state index is 0.0654. The highest BCUT2D eigenvalue weighted by molar-refractivity contribution is 7.70. The Morgan fingerprint density at radius 2 is 1.80 bits per heavy atom. The van der Waals surface area contributed by atoms with E-state index in [0.717, 1.165) is 49.3 Å². The fraction of sp³-hybridized carbons (Fsp3) is 0.739. The summed E-state index contributed by atoms with van der Waals surface area (Å²) in [5, 5.41) is 9.19. The Kier molecular flexibility index (Phi) is 8.82. The summed E-state index contributed by atoms with van der Waals surface area (Å²) in [6.45, 7) is 4.42. The van der Waals surface area contributed by atoms with Crippen LogP contribution in [0.15, 0.2) is 12.4 Å². The summed E-state index contributed by atoms with van der Waals surface area (Å²) < 4.78 is 45.6. The molecule has 2 fully saturated rings. The van der Waals surface area contributed by atoms with Gasteiger partial charge in [0.15, 0.2) is 5.82 Å². The number of aryl methyl sites for hydroxylation is 1. The number of rotatable bonds is 10. The number of hydrogen-bond donors (Lipinski definition) is 2. The van der Waals surface area contributed by atoms with E-state index in [1.165, 1.54) is 0 Å². The van der Waals surface area contributed by atoms with E-state index in [2.05, 4.69) is 29.5 Å². The third kappa shape index (κ3) is 5.88. The lowest BCUT2D eigenvalue weighted by molar-refractivity contribution is -0.0598. The molecule has 0 unspecified atom stereocenters. The van der Waals surface area contributed by atoms with Crippen molar-refractivity contribution >= 4 is 10.9 Å². The molecule has 0 bridgehead atoms. The quantitative estimate of drug-likeness (QED) is 0.461. The van der Waals surface area contributed by atoms with Crippen LogP contribution in [0.5, 0.6) is 0 Å². The highest BCUT2D eigenvalue weighted by atomic mass is 32.2. The molecule has 1 aliphatic heterocycles. The van der Waals surface area contributed by atoms with Crippen LogP contribution in [-0.4, -0.2) is 72.2 Å². The predicted octanol–water partition coefficient (Wildman–Crippen LogP) is 1.81.